The molecule has 3 aromatic rings. The molecule has 0 radical (unpaired) electrons. The number of nitrogens with one attached hydrogen (secondary N) is 1. The van der Waals surface area contributed by atoms with Gasteiger partial charge in [-0.1, -0.05) is 72.4 Å². The van der Waals surface area contributed by atoms with Gasteiger partial charge in [0.05, 0.1) is 17.6 Å². The molecule has 176 valence electrons. The van der Waals surface area contributed by atoms with E-state index in [-0.39, 0.29) is 16.9 Å². The number of hydrogen-bond donors (Lipinski definition) is 2. The van der Waals surface area contributed by atoms with Crippen LogP contribution in [0.3, 0.4) is 0 Å². The molecule has 2 aromatic carbocycles. The van der Waals surface area contributed by atoms with Gasteiger partial charge in [-0.05, 0) is 52.3 Å². The molecule has 2 heterocycles. The van der Waals surface area contributed by atoms with E-state index >= 15 is 0 Å². The van der Waals surface area contributed by atoms with Gasteiger partial charge in [-0.15, -0.1) is 0 Å². The van der Waals surface area contributed by atoms with Crippen LogP contribution in [0, 0.1) is 22.7 Å². The van der Waals surface area contributed by atoms with Crippen molar-refractivity contribution in [2.45, 2.75) is 66.8 Å². The number of benzene rings is 2. The summed E-state index contributed by atoms with van der Waals surface area (Å²) in [5, 5.41) is 0. The fourth-order valence-corrected chi connectivity index (χ4v) is 3.97. The lowest BCUT2D eigenvalue weighted by Crippen LogP contribution is -2.42. The monoisotopic (exact) mass is 452 g/mol. The molecule has 0 aliphatic carbocycles. The molecule has 1 aliphatic rings. The maximum absolute atomic E-state index is 6.43. The van der Waals surface area contributed by atoms with E-state index in [4.69, 9.17) is 10.7 Å². The van der Waals surface area contributed by atoms with Crippen LogP contribution in [0.2, 0.25) is 0 Å². The molecule has 0 unspecified atom stereocenters. The van der Waals surface area contributed by atoms with Crippen LogP contribution >= 0.6 is 0 Å². The molecule has 34 heavy (non-hydrogen) atoms. The van der Waals surface area contributed by atoms with Crippen LogP contribution in [-0.2, 0) is 6.42 Å². The molecule has 3 N–H and O–H groups in total. The van der Waals surface area contributed by atoms with Crippen LogP contribution in [-0.4, -0.2) is 21.7 Å². The Bertz CT molecular complexity index is 1270. The molecule has 1 aliphatic heterocycles. The van der Waals surface area contributed by atoms with Gasteiger partial charge < -0.3 is 10.7 Å². The predicted octanol–water partition coefficient (Wildman–Crippen LogP) is 6.63. The minimum atomic E-state index is -0.0458. The van der Waals surface area contributed by atoms with Crippen LogP contribution in [0.15, 0.2) is 53.7 Å². The van der Waals surface area contributed by atoms with Crippen LogP contribution in [0.4, 0.5) is 5.69 Å². The maximum atomic E-state index is 6.43. The van der Waals surface area contributed by atoms with E-state index in [1.807, 2.05) is 12.3 Å². The first kappa shape index (κ1) is 24.0. The van der Waals surface area contributed by atoms with Gasteiger partial charge in [0, 0.05) is 35.2 Å². The highest BCUT2D eigenvalue weighted by atomic mass is 14.9. The Balaban J connectivity index is 1.46. The van der Waals surface area contributed by atoms with Gasteiger partial charge in [0.2, 0.25) is 0 Å². The van der Waals surface area contributed by atoms with Crippen LogP contribution in [0.5, 0.6) is 0 Å². The average Bonchev–Trinajstić information content (AvgIpc) is 3.42. The maximum Gasteiger partial charge on any atom is 0.109 e. The summed E-state index contributed by atoms with van der Waals surface area (Å²) < 4.78 is 0. The zero-order chi connectivity index (χ0) is 24.7. The first-order valence-corrected chi connectivity index (χ1v) is 12.0. The lowest BCUT2D eigenvalue weighted by Gasteiger charge is -2.27. The number of nitrogens with zero attached hydrogens (tertiary/aromatic N) is 2. The summed E-state index contributed by atoms with van der Waals surface area (Å²) in [5.74, 6) is 7.98. The van der Waals surface area contributed by atoms with E-state index in [0.29, 0.717) is 5.92 Å². The SMILES string of the molecule is C[C@H](c1ncc(-c2ccc(C#Cc3ccc4c(c3)CC([C@@H](N)C(C)(C)C)=N4)cc2)[nH]1)C(C)(C)C. The zero-order valence-corrected chi connectivity index (χ0v) is 21.5. The van der Waals surface area contributed by atoms with Gasteiger partial charge >= 0.3 is 0 Å². The molecule has 0 saturated carbocycles. The molecule has 4 rings (SSSR count). The average molecular weight is 453 g/mol. The number of nitrogens with two attached hydrogens (primary N) is 1. The molecule has 2 atom stereocenters. The molecular formula is C30H36N4. The Morgan fingerprint density at radius 1 is 0.912 bits per heavy atom. The smallest absolute Gasteiger partial charge is 0.109 e. The fraction of sp³-hybridized carbons (Fsp3) is 0.400. The van der Waals surface area contributed by atoms with Crippen LogP contribution < -0.4 is 5.73 Å². The lowest BCUT2D eigenvalue weighted by atomic mass is 9.82. The number of rotatable bonds is 3. The van der Waals surface area contributed by atoms with Gasteiger partial charge in [0.25, 0.3) is 0 Å². The summed E-state index contributed by atoms with van der Waals surface area (Å²) in [6.45, 7) is 15.4. The Kier molecular flexibility index (Phi) is 6.27. The first-order chi connectivity index (χ1) is 15.9. The number of fused-ring (bicyclic) bond motifs is 1. The molecule has 0 amide bonds. The molecular weight excluding hydrogens is 416 g/mol. The number of imidazole rings is 1. The van der Waals surface area contributed by atoms with Crippen LogP contribution in [0.1, 0.15) is 76.9 Å². The standard InChI is InChI=1S/C30H36N4/c1-19(29(2,3)4)28-32-18-26(34-28)22-13-10-20(11-14-22)8-9-21-12-15-24-23(16-21)17-25(33-24)27(31)30(5,6)7/h10-16,18-19,27H,17,31H2,1-7H3,(H,32,34)/t19-,27-/m1/s1. The summed E-state index contributed by atoms with van der Waals surface area (Å²) in [6, 6.07) is 14.5. The molecule has 4 heteroatoms. The number of H-pyrrole nitrogens is 1. The van der Waals surface area contributed by atoms with E-state index in [2.05, 4.69) is 107 Å². The minimum Gasteiger partial charge on any atom is -0.342 e. The van der Waals surface area contributed by atoms with E-state index in [0.717, 1.165) is 46.0 Å². The van der Waals surface area contributed by atoms with Crippen molar-refractivity contribution >= 4 is 11.4 Å². The Morgan fingerprint density at radius 3 is 2.21 bits per heavy atom. The van der Waals surface area contributed by atoms with Gasteiger partial charge in [0.1, 0.15) is 5.82 Å². The van der Waals surface area contributed by atoms with E-state index in [9.17, 15) is 0 Å². The van der Waals surface area contributed by atoms with Crippen LogP contribution in [0.25, 0.3) is 11.3 Å². The first-order valence-electron chi connectivity index (χ1n) is 12.0. The van der Waals surface area contributed by atoms with Gasteiger partial charge in [-0.3, -0.25) is 4.99 Å². The molecule has 0 saturated heterocycles. The lowest BCUT2D eigenvalue weighted by molar-refractivity contribution is 0.329. The second-order valence-corrected chi connectivity index (χ2v) is 11.6. The van der Waals surface area contributed by atoms with Crippen molar-refractivity contribution in [1.82, 2.24) is 9.97 Å². The summed E-state index contributed by atoms with van der Waals surface area (Å²) >= 11 is 0. The quantitative estimate of drug-likeness (QED) is 0.438. The summed E-state index contributed by atoms with van der Waals surface area (Å²) in [4.78, 5) is 12.9. The number of hydrogen-bond acceptors (Lipinski definition) is 3. The third-order valence-electron chi connectivity index (χ3n) is 6.86. The Labute approximate surface area is 204 Å². The van der Waals surface area contributed by atoms with Crippen molar-refractivity contribution in [1.29, 1.82) is 0 Å². The van der Waals surface area contributed by atoms with E-state index < -0.39 is 0 Å². The second-order valence-electron chi connectivity index (χ2n) is 11.6. The highest BCUT2D eigenvalue weighted by molar-refractivity contribution is 5.98. The van der Waals surface area contributed by atoms with Crippen molar-refractivity contribution in [2.75, 3.05) is 0 Å². The van der Waals surface area contributed by atoms with E-state index in [1.165, 1.54) is 5.56 Å². The Morgan fingerprint density at radius 2 is 1.56 bits per heavy atom. The third kappa shape index (κ3) is 5.16. The highest BCUT2D eigenvalue weighted by Gasteiger charge is 2.29. The van der Waals surface area contributed by atoms with E-state index in [1.54, 1.807) is 0 Å². The van der Waals surface area contributed by atoms with Crippen molar-refractivity contribution in [2.24, 2.45) is 21.6 Å². The second kappa shape index (κ2) is 8.89. The number of aliphatic imine (C=N–C) groups is 1. The van der Waals surface area contributed by atoms with Gasteiger partial charge in [-0.2, -0.15) is 0 Å². The highest BCUT2D eigenvalue weighted by Crippen LogP contribution is 2.34. The summed E-state index contributed by atoms with van der Waals surface area (Å²) in [7, 11) is 0. The van der Waals surface area contributed by atoms with Gasteiger partial charge in [-0.25, -0.2) is 4.98 Å². The zero-order valence-electron chi connectivity index (χ0n) is 21.5. The predicted molar refractivity (Wildman–Crippen MR) is 143 cm³/mol. The fourth-order valence-electron chi connectivity index (χ4n) is 3.97. The molecule has 0 fully saturated rings. The summed E-state index contributed by atoms with van der Waals surface area (Å²) in [6.07, 6.45) is 2.72. The van der Waals surface area contributed by atoms with Crippen molar-refractivity contribution < 1.29 is 0 Å². The third-order valence-corrected chi connectivity index (χ3v) is 6.86. The molecule has 4 nitrogen and oxygen atoms in total. The largest absolute Gasteiger partial charge is 0.342 e. The Hall–Kier alpha value is -3.16. The number of aromatic nitrogens is 2. The molecule has 0 spiro atoms. The van der Waals surface area contributed by atoms with Crippen molar-refractivity contribution in [3.8, 4) is 23.1 Å². The topological polar surface area (TPSA) is 67.1 Å². The normalized spacial score (nSPS) is 15.2. The minimum absolute atomic E-state index is 0.00172. The van der Waals surface area contributed by atoms with Crippen molar-refractivity contribution in [3.63, 3.8) is 0 Å². The molecule has 0 bridgehead atoms. The number of aromatic amines is 1. The molecule has 1 aromatic heterocycles. The van der Waals surface area contributed by atoms with Gasteiger partial charge in [0.15, 0.2) is 0 Å². The van der Waals surface area contributed by atoms with Crippen molar-refractivity contribution in [3.05, 3.63) is 71.2 Å². The summed E-state index contributed by atoms with van der Waals surface area (Å²) in [5.41, 5.74) is 14.0.